The maximum Gasteiger partial charge on any atom is 0.323 e. The first-order chi connectivity index (χ1) is 8.48. The Hall–Kier alpha value is -0.610. The van der Waals surface area contributed by atoms with Crippen LogP contribution in [-0.2, 0) is 9.53 Å². The second-order valence-electron chi connectivity index (χ2n) is 5.60. The molecule has 4 heteroatoms. The topological polar surface area (TPSA) is 58.6 Å². The van der Waals surface area contributed by atoms with E-state index in [-0.39, 0.29) is 0 Å². The molecular weight excluding hydrogens is 230 g/mol. The van der Waals surface area contributed by atoms with E-state index in [2.05, 4.69) is 19.2 Å². The molecule has 0 aromatic heterocycles. The van der Waals surface area contributed by atoms with Gasteiger partial charge in [-0.05, 0) is 52.4 Å². The number of hydrogen-bond acceptors (Lipinski definition) is 3. The molecule has 0 amide bonds. The van der Waals surface area contributed by atoms with Crippen LogP contribution in [0.5, 0.6) is 0 Å². The zero-order valence-electron chi connectivity index (χ0n) is 11.9. The monoisotopic (exact) mass is 257 g/mol. The number of carboxylic acid groups (broad SMARTS) is 1. The number of carbonyl (C=O) groups is 1. The van der Waals surface area contributed by atoms with Crippen molar-refractivity contribution in [1.29, 1.82) is 0 Å². The van der Waals surface area contributed by atoms with E-state index in [1.54, 1.807) is 6.92 Å². The molecule has 0 bridgehead atoms. The van der Waals surface area contributed by atoms with Crippen LogP contribution in [0.15, 0.2) is 0 Å². The van der Waals surface area contributed by atoms with Gasteiger partial charge in [0.15, 0.2) is 0 Å². The molecule has 2 atom stereocenters. The van der Waals surface area contributed by atoms with Crippen LogP contribution in [0.3, 0.4) is 0 Å². The Morgan fingerprint density at radius 1 is 1.50 bits per heavy atom. The lowest BCUT2D eigenvalue weighted by Gasteiger charge is -2.26. The maximum atomic E-state index is 11.3. The summed E-state index contributed by atoms with van der Waals surface area (Å²) in [7, 11) is 0. The zero-order chi connectivity index (χ0) is 13.6. The average molecular weight is 257 g/mol. The molecule has 0 aliphatic heterocycles. The maximum absolute atomic E-state index is 11.3. The Bertz CT molecular complexity index is 266. The molecule has 0 spiro atoms. The fourth-order valence-corrected chi connectivity index (χ4v) is 1.90. The second-order valence-corrected chi connectivity index (χ2v) is 5.60. The highest BCUT2D eigenvalue weighted by Gasteiger charge is 2.37. The van der Waals surface area contributed by atoms with Gasteiger partial charge in [-0.15, -0.1) is 0 Å². The predicted molar refractivity (Wildman–Crippen MR) is 71.8 cm³/mol. The summed E-state index contributed by atoms with van der Waals surface area (Å²) in [5.41, 5.74) is -0.766. The van der Waals surface area contributed by atoms with Crippen LogP contribution in [0.25, 0.3) is 0 Å². The van der Waals surface area contributed by atoms with Crippen LogP contribution in [0.4, 0.5) is 0 Å². The molecule has 1 saturated carbocycles. The van der Waals surface area contributed by atoms with Crippen molar-refractivity contribution in [2.24, 2.45) is 0 Å². The predicted octanol–water partition coefficient (Wildman–Crippen LogP) is 2.57. The molecule has 0 heterocycles. The third-order valence-electron chi connectivity index (χ3n) is 3.62. The minimum Gasteiger partial charge on any atom is -0.480 e. The first kappa shape index (κ1) is 15.4. The summed E-state index contributed by atoms with van der Waals surface area (Å²) in [6.45, 7) is 6.69. The van der Waals surface area contributed by atoms with Gasteiger partial charge in [-0.1, -0.05) is 6.92 Å². The van der Waals surface area contributed by atoms with E-state index in [9.17, 15) is 9.90 Å². The Balaban J connectivity index is 2.19. The van der Waals surface area contributed by atoms with Gasteiger partial charge in [0.05, 0.1) is 6.10 Å². The van der Waals surface area contributed by atoms with Crippen molar-refractivity contribution in [3.63, 3.8) is 0 Å². The molecule has 4 nitrogen and oxygen atoms in total. The van der Waals surface area contributed by atoms with Gasteiger partial charge in [0, 0.05) is 12.6 Å². The quantitative estimate of drug-likeness (QED) is 0.591. The van der Waals surface area contributed by atoms with Gasteiger partial charge in [0.1, 0.15) is 5.54 Å². The lowest BCUT2D eigenvalue weighted by Crippen LogP contribution is -2.50. The molecule has 2 unspecified atom stereocenters. The Morgan fingerprint density at radius 2 is 2.17 bits per heavy atom. The molecule has 2 N–H and O–H groups in total. The molecule has 1 rings (SSSR count). The number of unbranched alkanes of at least 4 members (excludes halogenated alkanes) is 1. The summed E-state index contributed by atoms with van der Waals surface area (Å²) in [5.74, 6) is -0.739. The highest BCUT2D eigenvalue weighted by atomic mass is 16.5. The van der Waals surface area contributed by atoms with Crippen LogP contribution in [0, 0.1) is 0 Å². The minimum absolute atomic E-state index is 0.306. The summed E-state index contributed by atoms with van der Waals surface area (Å²) in [6, 6.07) is 0.419. The third-order valence-corrected chi connectivity index (χ3v) is 3.62. The molecular formula is C14H27NO3. The summed E-state index contributed by atoms with van der Waals surface area (Å²) in [6.07, 6.45) is 6.04. The number of ether oxygens (including phenoxy) is 1. The second kappa shape index (κ2) is 7.10. The van der Waals surface area contributed by atoms with Gasteiger partial charge < -0.3 is 9.84 Å². The van der Waals surface area contributed by atoms with Crippen molar-refractivity contribution < 1.29 is 14.6 Å². The molecule has 106 valence electrons. The lowest BCUT2D eigenvalue weighted by molar-refractivity contribution is -0.144. The molecule has 18 heavy (non-hydrogen) atoms. The van der Waals surface area contributed by atoms with Gasteiger partial charge >= 0.3 is 5.97 Å². The smallest absolute Gasteiger partial charge is 0.323 e. The van der Waals surface area contributed by atoms with Crippen molar-refractivity contribution in [2.45, 2.75) is 77.0 Å². The van der Waals surface area contributed by atoms with E-state index in [1.807, 2.05) is 0 Å². The standard InChI is InChI=1S/C14H27NO3/c1-4-11(2)18-10-6-5-9-14(3,13(16)17)15-12-7-8-12/h11-12,15H,4-10H2,1-3H3,(H,16,17). The molecule has 0 radical (unpaired) electrons. The number of carboxylic acids is 1. The molecule has 0 saturated heterocycles. The lowest BCUT2D eigenvalue weighted by atomic mass is 9.95. The summed E-state index contributed by atoms with van der Waals surface area (Å²) in [4.78, 5) is 11.3. The van der Waals surface area contributed by atoms with E-state index in [4.69, 9.17) is 4.74 Å². The zero-order valence-corrected chi connectivity index (χ0v) is 11.9. The van der Waals surface area contributed by atoms with Crippen LogP contribution < -0.4 is 5.32 Å². The number of hydrogen-bond donors (Lipinski definition) is 2. The number of aliphatic carboxylic acids is 1. The minimum atomic E-state index is -0.766. The molecule has 0 aromatic rings. The SMILES string of the molecule is CCC(C)OCCCCC(C)(NC1CC1)C(=O)O. The highest BCUT2D eigenvalue weighted by molar-refractivity contribution is 5.78. The van der Waals surface area contributed by atoms with Crippen molar-refractivity contribution in [1.82, 2.24) is 5.32 Å². The van der Waals surface area contributed by atoms with Crippen molar-refractivity contribution >= 4 is 5.97 Å². The van der Waals surface area contributed by atoms with Crippen molar-refractivity contribution in [3.05, 3.63) is 0 Å². The van der Waals surface area contributed by atoms with Gasteiger partial charge in [0.25, 0.3) is 0 Å². The summed E-state index contributed by atoms with van der Waals surface area (Å²) in [5, 5.41) is 12.5. The first-order valence-electron chi connectivity index (χ1n) is 7.10. The summed E-state index contributed by atoms with van der Waals surface area (Å²) >= 11 is 0. The Labute approximate surface area is 110 Å². The number of nitrogens with one attached hydrogen (secondary N) is 1. The van der Waals surface area contributed by atoms with E-state index in [0.29, 0.717) is 18.6 Å². The van der Waals surface area contributed by atoms with Gasteiger partial charge in [-0.25, -0.2) is 0 Å². The van der Waals surface area contributed by atoms with Crippen LogP contribution >= 0.6 is 0 Å². The normalized spacial score (nSPS) is 20.4. The molecule has 0 aromatic carbocycles. The van der Waals surface area contributed by atoms with Crippen LogP contribution in [0.1, 0.15) is 59.3 Å². The van der Waals surface area contributed by atoms with Gasteiger partial charge in [0.2, 0.25) is 0 Å². The average Bonchev–Trinajstić information content (AvgIpc) is 3.11. The Kier molecular flexibility index (Phi) is 6.09. The van der Waals surface area contributed by atoms with E-state index in [0.717, 1.165) is 38.7 Å². The van der Waals surface area contributed by atoms with E-state index < -0.39 is 11.5 Å². The van der Waals surface area contributed by atoms with E-state index in [1.165, 1.54) is 0 Å². The van der Waals surface area contributed by atoms with Gasteiger partial charge in [-0.2, -0.15) is 0 Å². The fraction of sp³-hybridized carbons (Fsp3) is 0.929. The number of rotatable bonds is 10. The first-order valence-corrected chi connectivity index (χ1v) is 7.10. The van der Waals surface area contributed by atoms with Gasteiger partial charge in [-0.3, -0.25) is 10.1 Å². The molecule has 1 aliphatic rings. The fourth-order valence-electron chi connectivity index (χ4n) is 1.90. The Morgan fingerprint density at radius 3 is 2.67 bits per heavy atom. The van der Waals surface area contributed by atoms with Crippen molar-refractivity contribution in [3.8, 4) is 0 Å². The summed E-state index contributed by atoms with van der Waals surface area (Å²) < 4.78 is 5.59. The molecule has 1 aliphatic carbocycles. The van der Waals surface area contributed by atoms with Crippen molar-refractivity contribution in [2.75, 3.05) is 6.61 Å². The highest BCUT2D eigenvalue weighted by Crippen LogP contribution is 2.25. The van der Waals surface area contributed by atoms with E-state index >= 15 is 0 Å². The van der Waals surface area contributed by atoms with Crippen LogP contribution in [0.2, 0.25) is 0 Å². The third kappa shape index (κ3) is 5.36. The van der Waals surface area contributed by atoms with Crippen LogP contribution in [-0.4, -0.2) is 35.4 Å². The largest absolute Gasteiger partial charge is 0.480 e. The molecule has 1 fully saturated rings.